The molecule has 11 heavy (non-hydrogen) atoms. The lowest BCUT2D eigenvalue weighted by atomic mass is 10.1. The van der Waals surface area contributed by atoms with E-state index in [0.717, 1.165) is 12.8 Å². The van der Waals surface area contributed by atoms with Gasteiger partial charge in [-0.15, -0.1) is 0 Å². The molecule has 0 N–H and O–H groups in total. The van der Waals surface area contributed by atoms with Crippen LogP contribution < -0.4 is 0 Å². The Hall–Kier alpha value is -0.0600. The first-order chi connectivity index (χ1) is 5.18. The van der Waals surface area contributed by atoms with Crippen LogP contribution in [0.25, 0.3) is 0 Å². The first-order valence-electron chi connectivity index (χ1n) is 3.60. The fraction of sp³-hybridized carbons (Fsp3) is 0.625. The molecular formula is C8H11IO2. The molecule has 0 aliphatic heterocycles. The van der Waals surface area contributed by atoms with E-state index in [-0.39, 0.29) is 11.4 Å². The normalized spacial score (nSPS) is 20.2. The standard InChI is InChI=1S/C8H11IO2/c1-7(10)11-6-8(2-3-8)4-5-9/h4-5H,2-3,6H2,1H3/b5-4+. The second kappa shape index (κ2) is 3.56. The van der Waals surface area contributed by atoms with Gasteiger partial charge in [0.1, 0.15) is 6.61 Å². The van der Waals surface area contributed by atoms with E-state index >= 15 is 0 Å². The van der Waals surface area contributed by atoms with Gasteiger partial charge in [0.25, 0.3) is 0 Å². The predicted octanol–water partition coefficient (Wildman–Crippen LogP) is 2.28. The fourth-order valence-corrected chi connectivity index (χ4v) is 1.66. The van der Waals surface area contributed by atoms with Crippen LogP contribution in [0.1, 0.15) is 19.8 Å². The highest BCUT2D eigenvalue weighted by Crippen LogP contribution is 2.47. The third-order valence-corrected chi connectivity index (χ3v) is 2.23. The molecule has 1 fully saturated rings. The van der Waals surface area contributed by atoms with Crippen LogP contribution in [0, 0.1) is 5.41 Å². The molecule has 1 saturated carbocycles. The van der Waals surface area contributed by atoms with E-state index in [1.165, 1.54) is 6.92 Å². The SMILES string of the molecule is CC(=O)OCC1(/C=C/I)CC1. The van der Waals surface area contributed by atoms with Gasteiger partial charge in [-0.3, -0.25) is 4.79 Å². The van der Waals surface area contributed by atoms with Gasteiger partial charge in [0.05, 0.1) is 0 Å². The van der Waals surface area contributed by atoms with Gasteiger partial charge < -0.3 is 4.74 Å². The van der Waals surface area contributed by atoms with Gasteiger partial charge in [0.15, 0.2) is 0 Å². The summed E-state index contributed by atoms with van der Waals surface area (Å²) >= 11 is 2.19. The van der Waals surface area contributed by atoms with Crippen LogP contribution in [0.5, 0.6) is 0 Å². The van der Waals surface area contributed by atoms with Crippen molar-refractivity contribution in [3.05, 3.63) is 10.2 Å². The highest BCUT2D eigenvalue weighted by molar-refractivity contribution is 14.1. The van der Waals surface area contributed by atoms with Gasteiger partial charge >= 0.3 is 5.97 Å². The van der Waals surface area contributed by atoms with Gasteiger partial charge in [0.2, 0.25) is 0 Å². The number of ether oxygens (including phenoxy) is 1. The van der Waals surface area contributed by atoms with Crippen LogP contribution in [0.3, 0.4) is 0 Å². The first kappa shape index (κ1) is 9.03. The summed E-state index contributed by atoms with van der Waals surface area (Å²) in [6.45, 7) is 2.01. The number of halogens is 1. The van der Waals surface area contributed by atoms with Gasteiger partial charge in [-0.25, -0.2) is 0 Å². The topological polar surface area (TPSA) is 26.3 Å². The van der Waals surface area contributed by atoms with Crippen LogP contribution in [-0.4, -0.2) is 12.6 Å². The average molecular weight is 266 g/mol. The molecule has 0 aromatic heterocycles. The van der Waals surface area contributed by atoms with Crippen molar-refractivity contribution in [1.29, 1.82) is 0 Å². The minimum absolute atomic E-state index is 0.182. The van der Waals surface area contributed by atoms with Gasteiger partial charge in [-0.05, 0) is 16.9 Å². The van der Waals surface area contributed by atoms with Gasteiger partial charge in [-0.1, -0.05) is 28.7 Å². The summed E-state index contributed by atoms with van der Waals surface area (Å²) in [6.07, 6.45) is 4.43. The molecule has 0 atom stereocenters. The molecule has 0 radical (unpaired) electrons. The van der Waals surface area contributed by atoms with Crippen LogP contribution in [0.2, 0.25) is 0 Å². The number of esters is 1. The number of rotatable bonds is 3. The number of hydrogen-bond donors (Lipinski definition) is 0. The van der Waals surface area contributed by atoms with Crippen LogP contribution >= 0.6 is 22.6 Å². The van der Waals surface area contributed by atoms with Crippen molar-refractivity contribution in [2.75, 3.05) is 6.61 Å². The lowest BCUT2D eigenvalue weighted by molar-refractivity contribution is -0.142. The summed E-state index contributed by atoms with van der Waals surface area (Å²) in [5.74, 6) is -0.182. The van der Waals surface area contributed by atoms with Crippen LogP contribution in [0.4, 0.5) is 0 Å². The molecule has 1 rings (SSSR count). The van der Waals surface area contributed by atoms with E-state index < -0.39 is 0 Å². The van der Waals surface area contributed by atoms with Crippen molar-refractivity contribution in [2.24, 2.45) is 5.41 Å². The molecule has 0 saturated heterocycles. The lowest BCUT2D eigenvalue weighted by Crippen LogP contribution is -2.10. The average Bonchev–Trinajstić information content (AvgIpc) is 2.67. The zero-order valence-electron chi connectivity index (χ0n) is 6.47. The Balaban J connectivity index is 2.30. The van der Waals surface area contributed by atoms with E-state index in [4.69, 9.17) is 4.74 Å². The Morgan fingerprint density at radius 3 is 2.73 bits per heavy atom. The minimum Gasteiger partial charge on any atom is -0.465 e. The summed E-state index contributed by atoms with van der Waals surface area (Å²) in [5.41, 5.74) is 0.201. The van der Waals surface area contributed by atoms with E-state index in [1.54, 1.807) is 0 Å². The van der Waals surface area contributed by atoms with E-state index in [9.17, 15) is 4.79 Å². The van der Waals surface area contributed by atoms with Crippen molar-refractivity contribution < 1.29 is 9.53 Å². The van der Waals surface area contributed by atoms with Crippen molar-refractivity contribution in [2.45, 2.75) is 19.8 Å². The maximum Gasteiger partial charge on any atom is 0.302 e. The Bertz CT molecular complexity index is 183. The second-order valence-electron chi connectivity index (χ2n) is 2.94. The second-order valence-corrected chi connectivity index (χ2v) is 3.65. The van der Waals surface area contributed by atoms with E-state index in [2.05, 4.69) is 28.7 Å². The molecular weight excluding hydrogens is 255 g/mol. The monoisotopic (exact) mass is 266 g/mol. The Kier molecular flexibility index (Phi) is 2.92. The smallest absolute Gasteiger partial charge is 0.302 e. The molecule has 0 amide bonds. The Morgan fingerprint density at radius 2 is 2.36 bits per heavy atom. The minimum atomic E-state index is -0.182. The van der Waals surface area contributed by atoms with Crippen molar-refractivity contribution in [3.63, 3.8) is 0 Å². The molecule has 2 nitrogen and oxygen atoms in total. The molecule has 62 valence electrons. The molecule has 3 heteroatoms. The third kappa shape index (κ3) is 2.81. The summed E-state index contributed by atoms with van der Waals surface area (Å²) in [5, 5.41) is 0. The number of carbonyl (C=O) groups is 1. The molecule has 0 bridgehead atoms. The van der Waals surface area contributed by atoms with E-state index in [0.29, 0.717) is 6.61 Å². The van der Waals surface area contributed by atoms with E-state index in [1.807, 2.05) is 4.08 Å². The van der Waals surface area contributed by atoms with Crippen molar-refractivity contribution in [3.8, 4) is 0 Å². The molecule has 1 aliphatic rings. The summed E-state index contributed by atoms with van der Waals surface area (Å²) in [6, 6.07) is 0. The molecule has 0 aromatic rings. The maximum absolute atomic E-state index is 10.5. The fourth-order valence-electron chi connectivity index (χ4n) is 0.899. The third-order valence-electron chi connectivity index (χ3n) is 1.87. The maximum atomic E-state index is 10.5. The number of carbonyl (C=O) groups excluding carboxylic acids is 1. The first-order valence-corrected chi connectivity index (χ1v) is 4.84. The summed E-state index contributed by atoms with van der Waals surface area (Å²) < 4.78 is 6.92. The van der Waals surface area contributed by atoms with Crippen LogP contribution in [0.15, 0.2) is 10.2 Å². The summed E-state index contributed by atoms with van der Waals surface area (Å²) in [4.78, 5) is 10.5. The van der Waals surface area contributed by atoms with Gasteiger partial charge in [-0.2, -0.15) is 0 Å². The Labute approximate surface area is 80.1 Å². The molecule has 1 aliphatic carbocycles. The highest BCUT2D eigenvalue weighted by Gasteiger charge is 2.41. The largest absolute Gasteiger partial charge is 0.465 e. The lowest BCUT2D eigenvalue weighted by Gasteiger charge is -2.08. The van der Waals surface area contributed by atoms with Crippen LogP contribution in [-0.2, 0) is 9.53 Å². The zero-order chi connectivity index (χ0) is 8.32. The quantitative estimate of drug-likeness (QED) is 0.578. The van der Waals surface area contributed by atoms with Crippen molar-refractivity contribution in [1.82, 2.24) is 0 Å². The highest BCUT2D eigenvalue weighted by atomic mass is 127. The summed E-state index contributed by atoms with van der Waals surface area (Å²) in [7, 11) is 0. The predicted molar refractivity (Wildman–Crippen MR) is 51.5 cm³/mol. The van der Waals surface area contributed by atoms with Crippen molar-refractivity contribution >= 4 is 28.6 Å². The van der Waals surface area contributed by atoms with Gasteiger partial charge in [0, 0.05) is 12.3 Å². The zero-order valence-corrected chi connectivity index (χ0v) is 8.63. The molecule has 0 aromatic carbocycles. The molecule has 0 heterocycles. The molecule has 0 unspecified atom stereocenters. The number of hydrogen-bond acceptors (Lipinski definition) is 2. The Morgan fingerprint density at radius 1 is 1.73 bits per heavy atom. The molecule has 0 spiro atoms.